The number of rotatable bonds is 5. The van der Waals surface area contributed by atoms with E-state index in [0.717, 1.165) is 6.42 Å². The van der Waals surface area contributed by atoms with Gasteiger partial charge in [0.15, 0.2) is 0 Å². The van der Waals surface area contributed by atoms with Crippen LogP contribution in [0, 0.1) is 5.82 Å². The standard InChI is InChI=1S/C13H18FNO2/c1-3-17-12-8-11(13(12)16-2)15-10-7-5-4-6-9(10)14/h4-7,11-13,15H,3,8H2,1-2H3. The molecule has 1 aromatic rings. The highest BCUT2D eigenvalue weighted by Gasteiger charge is 2.42. The van der Waals surface area contributed by atoms with Gasteiger partial charge in [0.25, 0.3) is 0 Å². The van der Waals surface area contributed by atoms with Crippen molar-refractivity contribution in [1.29, 1.82) is 0 Å². The largest absolute Gasteiger partial charge is 0.377 e. The molecule has 1 aliphatic rings. The minimum Gasteiger partial charge on any atom is -0.377 e. The molecule has 0 amide bonds. The summed E-state index contributed by atoms with van der Waals surface area (Å²) in [5.74, 6) is -0.234. The van der Waals surface area contributed by atoms with Gasteiger partial charge in [-0.1, -0.05) is 12.1 Å². The molecule has 0 aliphatic heterocycles. The Balaban J connectivity index is 1.95. The molecule has 0 radical (unpaired) electrons. The number of para-hydroxylation sites is 1. The average Bonchev–Trinajstić information content (AvgIpc) is 2.30. The Hall–Kier alpha value is -1.13. The summed E-state index contributed by atoms with van der Waals surface area (Å²) in [5, 5.41) is 3.16. The van der Waals surface area contributed by atoms with Crippen molar-refractivity contribution in [2.24, 2.45) is 0 Å². The fraction of sp³-hybridized carbons (Fsp3) is 0.538. The summed E-state index contributed by atoms with van der Waals surface area (Å²) in [6, 6.07) is 6.79. The van der Waals surface area contributed by atoms with Crippen LogP contribution in [0.25, 0.3) is 0 Å². The van der Waals surface area contributed by atoms with Crippen molar-refractivity contribution in [2.75, 3.05) is 19.0 Å². The third kappa shape index (κ3) is 2.58. The molecule has 0 bridgehead atoms. The lowest BCUT2D eigenvalue weighted by Crippen LogP contribution is -2.56. The molecule has 17 heavy (non-hydrogen) atoms. The van der Waals surface area contributed by atoms with Crippen LogP contribution in [0.5, 0.6) is 0 Å². The maximum Gasteiger partial charge on any atom is 0.146 e. The van der Waals surface area contributed by atoms with Gasteiger partial charge in [0.2, 0.25) is 0 Å². The van der Waals surface area contributed by atoms with Gasteiger partial charge >= 0.3 is 0 Å². The molecular formula is C13H18FNO2. The van der Waals surface area contributed by atoms with E-state index in [2.05, 4.69) is 5.32 Å². The highest BCUT2D eigenvalue weighted by Crippen LogP contribution is 2.30. The van der Waals surface area contributed by atoms with E-state index >= 15 is 0 Å². The summed E-state index contributed by atoms with van der Waals surface area (Å²) in [4.78, 5) is 0. The van der Waals surface area contributed by atoms with Crippen molar-refractivity contribution in [1.82, 2.24) is 0 Å². The predicted octanol–water partition coefficient (Wildman–Crippen LogP) is 2.43. The number of benzene rings is 1. The molecule has 0 aromatic heterocycles. The first-order valence-corrected chi connectivity index (χ1v) is 5.91. The fourth-order valence-electron chi connectivity index (χ4n) is 2.19. The summed E-state index contributed by atoms with van der Waals surface area (Å²) in [7, 11) is 1.66. The lowest BCUT2D eigenvalue weighted by atomic mass is 9.85. The van der Waals surface area contributed by atoms with Crippen LogP contribution in [0.2, 0.25) is 0 Å². The summed E-state index contributed by atoms with van der Waals surface area (Å²) >= 11 is 0. The lowest BCUT2D eigenvalue weighted by molar-refractivity contribution is -0.118. The number of ether oxygens (including phenoxy) is 2. The van der Waals surface area contributed by atoms with Crippen molar-refractivity contribution < 1.29 is 13.9 Å². The first-order valence-electron chi connectivity index (χ1n) is 5.91. The Bertz CT molecular complexity index is 372. The van der Waals surface area contributed by atoms with Crippen molar-refractivity contribution in [3.8, 4) is 0 Å². The molecule has 1 fully saturated rings. The predicted molar refractivity (Wildman–Crippen MR) is 64.6 cm³/mol. The van der Waals surface area contributed by atoms with E-state index in [9.17, 15) is 4.39 Å². The van der Waals surface area contributed by atoms with Gasteiger partial charge in [0.1, 0.15) is 11.9 Å². The molecule has 1 aliphatic carbocycles. The summed E-state index contributed by atoms with van der Waals surface area (Å²) in [6.45, 7) is 2.64. The first-order chi connectivity index (χ1) is 8.26. The zero-order chi connectivity index (χ0) is 12.3. The van der Waals surface area contributed by atoms with E-state index in [-0.39, 0.29) is 24.1 Å². The van der Waals surface area contributed by atoms with Crippen molar-refractivity contribution >= 4 is 5.69 Å². The van der Waals surface area contributed by atoms with Crippen LogP contribution in [0.3, 0.4) is 0 Å². The Kier molecular flexibility index (Phi) is 3.97. The smallest absolute Gasteiger partial charge is 0.146 e. The molecule has 0 saturated heterocycles. The quantitative estimate of drug-likeness (QED) is 0.856. The first kappa shape index (κ1) is 12.3. The Labute approximate surface area is 101 Å². The number of halogens is 1. The van der Waals surface area contributed by atoms with Gasteiger partial charge in [-0.15, -0.1) is 0 Å². The normalized spacial score (nSPS) is 27.6. The molecule has 2 rings (SSSR count). The second kappa shape index (κ2) is 5.47. The van der Waals surface area contributed by atoms with E-state index in [1.165, 1.54) is 6.07 Å². The van der Waals surface area contributed by atoms with Crippen molar-refractivity contribution in [2.45, 2.75) is 31.6 Å². The monoisotopic (exact) mass is 239 g/mol. The van der Waals surface area contributed by atoms with Gasteiger partial charge in [-0.25, -0.2) is 4.39 Å². The number of nitrogens with one attached hydrogen (secondary N) is 1. The number of hydrogen-bond donors (Lipinski definition) is 1. The molecule has 3 unspecified atom stereocenters. The van der Waals surface area contributed by atoms with E-state index < -0.39 is 0 Å². The minimum absolute atomic E-state index is 0.00504. The van der Waals surface area contributed by atoms with Crippen LogP contribution in [-0.4, -0.2) is 32.0 Å². The maximum atomic E-state index is 13.5. The van der Waals surface area contributed by atoms with E-state index in [0.29, 0.717) is 12.3 Å². The molecule has 1 aromatic carbocycles. The van der Waals surface area contributed by atoms with Gasteiger partial charge in [-0.05, 0) is 25.5 Å². The number of methoxy groups -OCH3 is 1. The van der Waals surface area contributed by atoms with E-state index in [1.54, 1.807) is 19.2 Å². The minimum atomic E-state index is -0.234. The molecule has 3 nitrogen and oxygen atoms in total. The maximum absolute atomic E-state index is 13.5. The third-order valence-corrected chi connectivity index (χ3v) is 3.12. The summed E-state index contributed by atoms with van der Waals surface area (Å²) in [5.41, 5.74) is 0.523. The fourth-order valence-corrected chi connectivity index (χ4v) is 2.19. The lowest BCUT2D eigenvalue weighted by Gasteiger charge is -2.43. The van der Waals surface area contributed by atoms with Crippen LogP contribution in [0.1, 0.15) is 13.3 Å². The Morgan fingerprint density at radius 2 is 2.18 bits per heavy atom. The van der Waals surface area contributed by atoms with Gasteiger partial charge in [-0.2, -0.15) is 0 Å². The van der Waals surface area contributed by atoms with Crippen LogP contribution >= 0.6 is 0 Å². The van der Waals surface area contributed by atoms with E-state index in [1.807, 2.05) is 13.0 Å². The van der Waals surface area contributed by atoms with Crippen molar-refractivity contribution in [3.63, 3.8) is 0 Å². The van der Waals surface area contributed by atoms with Crippen LogP contribution in [0.4, 0.5) is 10.1 Å². The summed E-state index contributed by atoms with van der Waals surface area (Å²) in [6.07, 6.45) is 0.963. The van der Waals surface area contributed by atoms with Gasteiger partial charge in [0.05, 0.1) is 17.8 Å². The molecule has 4 heteroatoms. The topological polar surface area (TPSA) is 30.5 Å². The molecule has 3 atom stereocenters. The molecule has 94 valence electrons. The number of hydrogen-bond acceptors (Lipinski definition) is 3. The molecular weight excluding hydrogens is 221 g/mol. The van der Waals surface area contributed by atoms with Crippen molar-refractivity contribution in [3.05, 3.63) is 30.1 Å². The van der Waals surface area contributed by atoms with Crippen LogP contribution in [-0.2, 0) is 9.47 Å². The third-order valence-electron chi connectivity index (χ3n) is 3.12. The molecule has 1 saturated carbocycles. The van der Waals surface area contributed by atoms with Crippen LogP contribution in [0.15, 0.2) is 24.3 Å². The Morgan fingerprint density at radius 1 is 1.41 bits per heavy atom. The number of anilines is 1. The van der Waals surface area contributed by atoms with Gasteiger partial charge in [0, 0.05) is 13.7 Å². The molecule has 0 heterocycles. The average molecular weight is 239 g/mol. The van der Waals surface area contributed by atoms with E-state index in [4.69, 9.17) is 9.47 Å². The van der Waals surface area contributed by atoms with Gasteiger partial charge in [-0.3, -0.25) is 0 Å². The second-order valence-corrected chi connectivity index (χ2v) is 4.16. The van der Waals surface area contributed by atoms with Crippen LogP contribution < -0.4 is 5.32 Å². The molecule has 0 spiro atoms. The second-order valence-electron chi connectivity index (χ2n) is 4.16. The zero-order valence-electron chi connectivity index (χ0n) is 10.2. The summed E-state index contributed by atoms with van der Waals surface area (Å²) < 4.78 is 24.3. The Morgan fingerprint density at radius 3 is 2.82 bits per heavy atom. The highest BCUT2D eigenvalue weighted by atomic mass is 19.1. The zero-order valence-corrected chi connectivity index (χ0v) is 10.2. The SMILES string of the molecule is CCOC1CC(Nc2ccccc2F)C1OC. The molecule has 1 N–H and O–H groups in total. The highest BCUT2D eigenvalue weighted by molar-refractivity contribution is 5.46. The van der Waals surface area contributed by atoms with Gasteiger partial charge < -0.3 is 14.8 Å².